The Hall–Kier alpha value is -0.160. The van der Waals surface area contributed by atoms with E-state index in [0.29, 0.717) is 5.92 Å². The summed E-state index contributed by atoms with van der Waals surface area (Å²) in [5.74, 6) is 0.454. The summed E-state index contributed by atoms with van der Waals surface area (Å²) in [5.41, 5.74) is -0.413. The molecule has 0 bridgehead atoms. The van der Waals surface area contributed by atoms with Crippen molar-refractivity contribution in [3.8, 4) is 0 Å². The molecule has 0 amide bonds. The zero-order valence-electron chi connectivity index (χ0n) is 14.3. The zero-order valence-corrected chi connectivity index (χ0v) is 14.3. The molecule has 0 spiro atoms. The van der Waals surface area contributed by atoms with Crippen molar-refractivity contribution in [1.82, 2.24) is 0 Å². The van der Waals surface area contributed by atoms with Crippen LogP contribution in [0, 0.1) is 22.7 Å². The van der Waals surface area contributed by atoms with Crippen molar-refractivity contribution in [2.24, 2.45) is 22.7 Å². The van der Waals surface area contributed by atoms with Gasteiger partial charge < -0.3 is 20.4 Å². The lowest BCUT2D eigenvalue weighted by Gasteiger charge is -2.38. The Labute approximate surface area is 124 Å². The predicted molar refractivity (Wildman–Crippen MR) is 83.4 cm³/mol. The largest absolute Gasteiger partial charge is 0.396 e. The van der Waals surface area contributed by atoms with E-state index in [0.717, 1.165) is 6.42 Å². The highest BCUT2D eigenvalue weighted by molar-refractivity contribution is 4.84. The van der Waals surface area contributed by atoms with E-state index in [2.05, 4.69) is 6.92 Å². The second-order valence-corrected chi connectivity index (χ2v) is 7.10. The monoisotopic (exact) mass is 292 g/mol. The van der Waals surface area contributed by atoms with Gasteiger partial charge in [0.2, 0.25) is 0 Å². The van der Waals surface area contributed by atoms with Crippen LogP contribution in [-0.2, 0) is 0 Å². The van der Waals surface area contributed by atoms with E-state index in [1.54, 1.807) is 6.92 Å². The quantitative estimate of drug-likeness (QED) is 0.604. The molecule has 0 saturated heterocycles. The van der Waals surface area contributed by atoms with Crippen molar-refractivity contribution in [3.05, 3.63) is 0 Å². The molecule has 0 radical (unpaired) electrons. The number of rotatable bonds is 6. The van der Waals surface area contributed by atoms with Crippen LogP contribution in [0.15, 0.2) is 0 Å². The molecule has 0 aromatic rings. The number of hydrogen-bond acceptors (Lipinski definition) is 4. The van der Waals surface area contributed by atoms with E-state index >= 15 is 0 Å². The van der Waals surface area contributed by atoms with Crippen LogP contribution in [-0.4, -0.2) is 46.4 Å². The highest BCUT2D eigenvalue weighted by Crippen LogP contribution is 2.36. The lowest BCUT2D eigenvalue weighted by Crippen LogP contribution is -2.39. The first kappa shape index (κ1) is 22.1. The molecular formula is C16H36O4. The molecule has 4 nitrogen and oxygen atoms in total. The van der Waals surface area contributed by atoms with E-state index in [1.165, 1.54) is 0 Å². The Bertz CT molecular complexity index is 229. The smallest absolute Gasteiger partial charge is 0.0564 e. The number of aliphatic hydroxyl groups excluding tert-OH is 4. The summed E-state index contributed by atoms with van der Waals surface area (Å²) in [6.07, 6.45) is 0.621. The Morgan fingerprint density at radius 2 is 1.30 bits per heavy atom. The van der Waals surface area contributed by atoms with Crippen molar-refractivity contribution in [2.45, 2.75) is 61.0 Å². The summed E-state index contributed by atoms with van der Waals surface area (Å²) in [7, 11) is 0. The van der Waals surface area contributed by atoms with Crippen LogP contribution in [0.2, 0.25) is 0 Å². The minimum Gasteiger partial charge on any atom is -0.396 e. The minimum atomic E-state index is -0.389. The first-order valence-corrected chi connectivity index (χ1v) is 7.51. The summed E-state index contributed by atoms with van der Waals surface area (Å²) in [4.78, 5) is 0. The maximum atomic E-state index is 9.15. The molecular weight excluding hydrogens is 256 g/mol. The third-order valence-electron chi connectivity index (χ3n) is 4.71. The third kappa shape index (κ3) is 7.02. The highest BCUT2D eigenvalue weighted by atomic mass is 16.3. The van der Waals surface area contributed by atoms with Crippen molar-refractivity contribution < 1.29 is 20.4 Å². The average Bonchev–Trinajstić information content (AvgIpc) is 2.37. The van der Waals surface area contributed by atoms with Gasteiger partial charge >= 0.3 is 0 Å². The maximum absolute atomic E-state index is 9.15. The van der Waals surface area contributed by atoms with E-state index < -0.39 is 0 Å². The Balaban J connectivity index is 0. The van der Waals surface area contributed by atoms with Gasteiger partial charge in [0, 0.05) is 17.9 Å². The molecule has 0 fully saturated rings. The fourth-order valence-electron chi connectivity index (χ4n) is 1.64. The molecule has 0 aromatic carbocycles. The molecule has 0 aliphatic carbocycles. The van der Waals surface area contributed by atoms with Gasteiger partial charge in [0.1, 0.15) is 0 Å². The van der Waals surface area contributed by atoms with Gasteiger partial charge in [-0.3, -0.25) is 0 Å². The molecule has 0 aromatic heterocycles. The number of hydrogen-bond donors (Lipinski definition) is 4. The SMILES string of the molecule is CC(C)(C)C(C)(CO)CO.CCC(C)C(CO)C(C)O. The van der Waals surface area contributed by atoms with E-state index in [9.17, 15) is 0 Å². The van der Waals surface area contributed by atoms with Crippen molar-refractivity contribution >= 4 is 0 Å². The molecule has 3 unspecified atom stereocenters. The van der Waals surface area contributed by atoms with Gasteiger partial charge in [-0.25, -0.2) is 0 Å². The first-order chi connectivity index (χ1) is 9.00. The van der Waals surface area contributed by atoms with Gasteiger partial charge in [0.05, 0.1) is 19.3 Å². The standard InChI is InChI=1S/2C8H18O2/c1-7(2,3)8(4,5-9)6-10;1-4-6(2)8(5-9)7(3)10/h9-10H,5-6H2,1-4H3;6-10H,4-5H2,1-3H3. The Morgan fingerprint density at radius 1 is 0.900 bits per heavy atom. The molecule has 4 N–H and O–H groups in total. The lowest BCUT2D eigenvalue weighted by molar-refractivity contribution is -0.0172. The number of aliphatic hydroxyl groups is 4. The fraction of sp³-hybridized carbons (Fsp3) is 1.00. The van der Waals surface area contributed by atoms with Gasteiger partial charge in [-0.2, -0.15) is 0 Å². The van der Waals surface area contributed by atoms with Crippen molar-refractivity contribution in [1.29, 1.82) is 0 Å². The third-order valence-corrected chi connectivity index (χ3v) is 4.71. The molecule has 124 valence electrons. The summed E-state index contributed by atoms with van der Waals surface area (Å²) in [6, 6.07) is 0. The topological polar surface area (TPSA) is 80.9 Å². The Kier molecular flexibility index (Phi) is 10.8. The van der Waals surface area contributed by atoms with Crippen LogP contribution in [0.4, 0.5) is 0 Å². The second kappa shape index (κ2) is 9.72. The van der Waals surface area contributed by atoms with Crippen LogP contribution in [0.3, 0.4) is 0 Å². The minimum absolute atomic E-state index is 0.0347. The molecule has 0 rings (SSSR count). The summed E-state index contributed by atoms with van der Waals surface area (Å²) in [6.45, 7) is 13.9. The molecule has 3 atom stereocenters. The molecule has 0 aliphatic heterocycles. The van der Waals surface area contributed by atoms with E-state index in [1.807, 2.05) is 34.6 Å². The maximum Gasteiger partial charge on any atom is 0.0564 e. The van der Waals surface area contributed by atoms with Gasteiger partial charge in [0.15, 0.2) is 0 Å². The van der Waals surface area contributed by atoms with Gasteiger partial charge in [0.25, 0.3) is 0 Å². The Morgan fingerprint density at radius 3 is 1.35 bits per heavy atom. The van der Waals surface area contributed by atoms with Gasteiger partial charge in [-0.15, -0.1) is 0 Å². The van der Waals surface area contributed by atoms with Gasteiger partial charge in [-0.1, -0.05) is 48.0 Å². The van der Waals surface area contributed by atoms with Crippen molar-refractivity contribution in [3.63, 3.8) is 0 Å². The average molecular weight is 292 g/mol. The van der Waals surface area contributed by atoms with Crippen LogP contribution < -0.4 is 0 Å². The zero-order chi connectivity index (χ0) is 16.6. The van der Waals surface area contributed by atoms with Crippen molar-refractivity contribution in [2.75, 3.05) is 19.8 Å². The van der Waals surface area contributed by atoms with Crippen LogP contribution in [0.25, 0.3) is 0 Å². The lowest BCUT2D eigenvalue weighted by atomic mass is 9.69. The summed E-state index contributed by atoms with van der Waals surface area (Å²) in [5, 5.41) is 35.9. The summed E-state index contributed by atoms with van der Waals surface area (Å²) >= 11 is 0. The normalized spacial score (nSPS) is 16.9. The fourth-order valence-corrected chi connectivity index (χ4v) is 1.64. The summed E-state index contributed by atoms with van der Waals surface area (Å²) < 4.78 is 0. The molecule has 0 saturated carbocycles. The second-order valence-electron chi connectivity index (χ2n) is 7.10. The molecule has 20 heavy (non-hydrogen) atoms. The highest BCUT2D eigenvalue weighted by Gasteiger charge is 2.36. The van der Waals surface area contributed by atoms with Crippen LogP contribution in [0.1, 0.15) is 54.9 Å². The van der Waals surface area contributed by atoms with Crippen LogP contribution in [0.5, 0.6) is 0 Å². The van der Waals surface area contributed by atoms with Gasteiger partial charge in [-0.05, 0) is 18.3 Å². The predicted octanol–water partition coefficient (Wildman–Crippen LogP) is 2.05. The molecule has 0 heterocycles. The van der Waals surface area contributed by atoms with Crippen LogP contribution >= 0.6 is 0 Å². The molecule has 4 heteroatoms. The van der Waals surface area contributed by atoms with E-state index in [4.69, 9.17) is 20.4 Å². The molecule has 0 aliphatic rings. The first-order valence-electron chi connectivity index (χ1n) is 7.51. The van der Waals surface area contributed by atoms with E-state index in [-0.39, 0.29) is 42.7 Å².